The number of tetrazole rings is 1. The van der Waals surface area contributed by atoms with Crippen LogP contribution in [0.2, 0.25) is 0 Å². The second kappa shape index (κ2) is 7.59. The number of carbonyl (C=O) groups is 2. The standard InChI is InChI=1S/C20H20N6O2/c21-19(27)17-3-1-2-14(11-17)10-15-8-9-25(12-15)20(28)16-4-6-18(7-5-16)26-13-22-23-24-26/h1-7,11,13,15H,8-10,12H2,(H2,21,27)/t15-/m1/s1. The Morgan fingerprint density at radius 1 is 1.11 bits per heavy atom. The number of primary amides is 1. The molecule has 2 amide bonds. The third-order valence-corrected chi connectivity index (χ3v) is 5.04. The number of amides is 2. The van der Waals surface area contributed by atoms with Crippen LogP contribution in [0.1, 0.15) is 32.7 Å². The van der Waals surface area contributed by atoms with Crippen LogP contribution >= 0.6 is 0 Å². The van der Waals surface area contributed by atoms with Gasteiger partial charge in [-0.25, -0.2) is 4.68 Å². The van der Waals surface area contributed by atoms with Crippen LogP contribution in [0.3, 0.4) is 0 Å². The van der Waals surface area contributed by atoms with Gasteiger partial charge in [0.15, 0.2) is 0 Å². The lowest BCUT2D eigenvalue weighted by Gasteiger charge is -2.17. The fraction of sp³-hybridized carbons (Fsp3) is 0.250. The van der Waals surface area contributed by atoms with Gasteiger partial charge in [-0.3, -0.25) is 9.59 Å². The molecule has 1 aromatic heterocycles. The van der Waals surface area contributed by atoms with Crippen LogP contribution < -0.4 is 5.73 Å². The van der Waals surface area contributed by atoms with E-state index in [0.717, 1.165) is 30.6 Å². The van der Waals surface area contributed by atoms with Crippen LogP contribution in [0.5, 0.6) is 0 Å². The highest BCUT2D eigenvalue weighted by Crippen LogP contribution is 2.23. The molecule has 1 aliphatic heterocycles. The zero-order valence-electron chi connectivity index (χ0n) is 15.2. The summed E-state index contributed by atoms with van der Waals surface area (Å²) in [5.74, 6) is -0.0283. The van der Waals surface area contributed by atoms with Crippen molar-refractivity contribution in [3.63, 3.8) is 0 Å². The van der Waals surface area contributed by atoms with Crippen molar-refractivity contribution in [2.45, 2.75) is 12.8 Å². The first-order chi connectivity index (χ1) is 13.6. The van der Waals surface area contributed by atoms with E-state index in [0.29, 0.717) is 23.6 Å². The van der Waals surface area contributed by atoms with E-state index in [2.05, 4.69) is 15.5 Å². The van der Waals surface area contributed by atoms with Gasteiger partial charge in [0.1, 0.15) is 6.33 Å². The number of rotatable bonds is 5. The first-order valence-electron chi connectivity index (χ1n) is 9.11. The summed E-state index contributed by atoms with van der Waals surface area (Å²) in [5, 5.41) is 11.1. The van der Waals surface area contributed by atoms with Crippen molar-refractivity contribution in [1.82, 2.24) is 25.1 Å². The van der Waals surface area contributed by atoms with Gasteiger partial charge in [-0.1, -0.05) is 12.1 Å². The number of likely N-dealkylation sites (tertiary alicyclic amines) is 1. The Morgan fingerprint density at radius 2 is 1.93 bits per heavy atom. The van der Waals surface area contributed by atoms with Crippen LogP contribution in [0, 0.1) is 5.92 Å². The molecular formula is C20H20N6O2. The topological polar surface area (TPSA) is 107 Å². The normalized spacial score (nSPS) is 16.3. The van der Waals surface area contributed by atoms with Gasteiger partial charge in [-0.05, 0) is 71.1 Å². The van der Waals surface area contributed by atoms with E-state index in [-0.39, 0.29) is 5.91 Å². The lowest BCUT2D eigenvalue weighted by atomic mass is 9.97. The van der Waals surface area contributed by atoms with Crippen LogP contribution in [0.4, 0.5) is 0 Å². The minimum absolute atomic E-state index is 0.0247. The Bertz CT molecular complexity index is 984. The Hall–Kier alpha value is -3.55. The molecule has 0 radical (unpaired) electrons. The van der Waals surface area contributed by atoms with E-state index in [9.17, 15) is 9.59 Å². The van der Waals surface area contributed by atoms with E-state index >= 15 is 0 Å². The minimum atomic E-state index is -0.421. The predicted molar refractivity (Wildman–Crippen MR) is 102 cm³/mol. The van der Waals surface area contributed by atoms with Crippen molar-refractivity contribution < 1.29 is 9.59 Å². The van der Waals surface area contributed by atoms with E-state index < -0.39 is 5.91 Å². The van der Waals surface area contributed by atoms with Crippen molar-refractivity contribution in [3.05, 3.63) is 71.5 Å². The first-order valence-corrected chi connectivity index (χ1v) is 9.11. The summed E-state index contributed by atoms with van der Waals surface area (Å²) in [4.78, 5) is 26.0. The number of hydrogen-bond donors (Lipinski definition) is 1. The van der Waals surface area contributed by atoms with E-state index in [1.165, 1.54) is 6.33 Å². The van der Waals surface area contributed by atoms with Crippen molar-refractivity contribution in [1.29, 1.82) is 0 Å². The predicted octanol–water partition coefficient (Wildman–Crippen LogP) is 1.47. The molecule has 8 heteroatoms. The Labute approximate surface area is 162 Å². The van der Waals surface area contributed by atoms with Gasteiger partial charge in [0, 0.05) is 24.2 Å². The maximum absolute atomic E-state index is 12.8. The van der Waals surface area contributed by atoms with Gasteiger partial charge in [0.05, 0.1) is 5.69 Å². The lowest BCUT2D eigenvalue weighted by molar-refractivity contribution is 0.0787. The number of aromatic nitrogens is 4. The molecule has 3 aromatic rings. The second-order valence-corrected chi connectivity index (χ2v) is 6.98. The monoisotopic (exact) mass is 376 g/mol. The Kier molecular flexibility index (Phi) is 4.84. The summed E-state index contributed by atoms with van der Waals surface area (Å²) in [7, 11) is 0. The van der Waals surface area contributed by atoms with Crippen molar-refractivity contribution in [2.75, 3.05) is 13.1 Å². The zero-order valence-corrected chi connectivity index (χ0v) is 15.2. The number of carbonyl (C=O) groups excluding carboxylic acids is 2. The first kappa shape index (κ1) is 17.8. The fourth-order valence-corrected chi connectivity index (χ4v) is 3.59. The minimum Gasteiger partial charge on any atom is -0.366 e. The maximum atomic E-state index is 12.8. The number of nitrogens with zero attached hydrogens (tertiary/aromatic N) is 5. The van der Waals surface area contributed by atoms with E-state index in [1.54, 1.807) is 22.9 Å². The number of nitrogens with two attached hydrogens (primary N) is 1. The van der Waals surface area contributed by atoms with Crippen LogP contribution in [0.25, 0.3) is 5.69 Å². The quantitative estimate of drug-likeness (QED) is 0.725. The molecule has 1 aliphatic rings. The highest BCUT2D eigenvalue weighted by atomic mass is 16.2. The largest absolute Gasteiger partial charge is 0.366 e. The summed E-state index contributed by atoms with van der Waals surface area (Å²) in [6, 6.07) is 14.6. The van der Waals surface area contributed by atoms with Gasteiger partial charge >= 0.3 is 0 Å². The van der Waals surface area contributed by atoms with Gasteiger partial charge in [0.25, 0.3) is 5.91 Å². The SMILES string of the molecule is NC(=O)c1cccc(C[C@H]2CCN(C(=O)c3ccc(-n4cnnn4)cc3)C2)c1. The van der Waals surface area contributed by atoms with Gasteiger partial charge in [-0.2, -0.15) is 0 Å². The Balaban J connectivity index is 1.39. The van der Waals surface area contributed by atoms with Gasteiger partial charge in [0.2, 0.25) is 5.91 Å². The molecule has 2 aromatic carbocycles. The molecule has 0 spiro atoms. The highest BCUT2D eigenvalue weighted by Gasteiger charge is 2.27. The molecule has 0 bridgehead atoms. The number of benzene rings is 2. The molecule has 0 unspecified atom stereocenters. The molecule has 0 aliphatic carbocycles. The van der Waals surface area contributed by atoms with Crippen LogP contribution in [-0.2, 0) is 6.42 Å². The average molecular weight is 376 g/mol. The summed E-state index contributed by atoms with van der Waals surface area (Å²) in [5.41, 5.74) is 8.39. The molecule has 142 valence electrons. The van der Waals surface area contributed by atoms with E-state index in [4.69, 9.17) is 5.73 Å². The van der Waals surface area contributed by atoms with E-state index in [1.807, 2.05) is 35.2 Å². The highest BCUT2D eigenvalue weighted by molar-refractivity contribution is 5.94. The van der Waals surface area contributed by atoms with Crippen molar-refractivity contribution in [3.8, 4) is 5.69 Å². The smallest absolute Gasteiger partial charge is 0.253 e. The van der Waals surface area contributed by atoms with Crippen molar-refractivity contribution >= 4 is 11.8 Å². The third kappa shape index (κ3) is 3.75. The third-order valence-electron chi connectivity index (χ3n) is 5.04. The maximum Gasteiger partial charge on any atom is 0.253 e. The molecule has 1 fully saturated rings. The number of hydrogen-bond acceptors (Lipinski definition) is 5. The molecule has 1 saturated heterocycles. The van der Waals surface area contributed by atoms with Crippen LogP contribution in [0.15, 0.2) is 54.9 Å². The molecule has 1 atom stereocenters. The second-order valence-electron chi connectivity index (χ2n) is 6.98. The van der Waals surface area contributed by atoms with Gasteiger partial charge in [-0.15, -0.1) is 5.10 Å². The van der Waals surface area contributed by atoms with Crippen molar-refractivity contribution in [2.24, 2.45) is 11.7 Å². The molecule has 8 nitrogen and oxygen atoms in total. The summed E-state index contributed by atoms with van der Waals surface area (Å²) >= 11 is 0. The molecule has 28 heavy (non-hydrogen) atoms. The molecule has 4 rings (SSSR count). The molecule has 0 saturated carbocycles. The van der Waals surface area contributed by atoms with Gasteiger partial charge < -0.3 is 10.6 Å². The summed E-state index contributed by atoms with van der Waals surface area (Å²) < 4.78 is 1.54. The lowest BCUT2D eigenvalue weighted by Crippen LogP contribution is -2.29. The zero-order chi connectivity index (χ0) is 19.5. The average Bonchev–Trinajstić information content (AvgIpc) is 3.40. The molecular weight excluding hydrogens is 356 g/mol. The Morgan fingerprint density at radius 3 is 2.64 bits per heavy atom. The van der Waals surface area contributed by atoms with Crippen LogP contribution in [-0.4, -0.2) is 50.0 Å². The molecule has 2 heterocycles. The summed E-state index contributed by atoms with van der Waals surface area (Å²) in [6.45, 7) is 1.43. The molecule has 2 N–H and O–H groups in total. The summed E-state index contributed by atoms with van der Waals surface area (Å²) in [6.07, 6.45) is 3.27. The fourth-order valence-electron chi connectivity index (χ4n) is 3.59.